The van der Waals surface area contributed by atoms with E-state index in [2.05, 4.69) is 105 Å². The van der Waals surface area contributed by atoms with Gasteiger partial charge >= 0.3 is 0 Å². The van der Waals surface area contributed by atoms with Gasteiger partial charge in [0.2, 0.25) is 0 Å². The minimum absolute atomic E-state index is 1.31. The van der Waals surface area contributed by atoms with Gasteiger partial charge in [-0.2, -0.15) is 0 Å². The molecule has 1 unspecified atom stereocenters. The van der Waals surface area contributed by atoms with E-state index < -0.39 is 8.80 Å². The Hall–Kier alpha value is -2.64. The molecular formula is C25H24Si. The molecule has 1 heteroatoms. The third-order valence-electron chi connectivity index (χ3n) is 5.12. The van der Waals surface area contributed by atoms with E-state index in [4.69, 9.17) is 0 Å². The predicted octanol–water partition coefficient (Wildman–Crippen LogP) is 5.31. The highest BCUT2D eigenvalue weighted by Crippen LogP contribution is 2.35. The van der Waals surface area contributed by atoms with E-state index in [-0.39, 0.29) is 0 Å². The molecule has 0 amide bonds. The Labute approximate surface area is 158 Å². The summed E-state index contributed by atoms with van der Waals surface area (Å²) in [7, 11) is -1.37. The summed E-state index contributed by atoms with van der Waals surface area (Å²) in [5.41, 5.74) is 10.6. The molecule has 1 aliphatic heterocycles. The summed E-state index contributed by atoms with van der Waals surface area (Å²) in [5, 5.41) is 3.05. The Morgan fingerprint density at radius 1 is 0.615 bits per heavy atom. The Bertz CT molecular complexity index is 1020. The molecule has 0 bridgehead atoms. The van der Waals surface area contributed by atoms with Crippen molar-refractivity contribution in [3.05, 3.63) is 112 Å². The maximum Gasteiger partial charge on any atom is 0.127 e. The van der Waals surface area contributed by atoms with E-state index in [9.17, 15) is 0 Å². The Morgan fingerprint density at radius 2 is 1.19 bits per heavy atom. The highest BCUT2D eigenvalue weighted by Gasteiger charge is 2.26. The summed E-state index contributed by atoms with van der Waals surface area (Å²) in [6.07, 6.45) is 2.37. The fraction of sp³-hybridized carbons (Fsp3) is 0.120. The summed E-state index contributed by atoms with van der Waals surface area (Å²) in [6, 6.07) is 26.9. The predicted molar refractivity (Wildman–Crippen MR) is 116 cm³/mol. The molecule has 1 atom stereocenters. The monoisotopic (exact) mass is 352 g/mol. The van der Waals surface area contributed by atoms with Crippen LogP contribution in [0.2, 0.25) is 0 Å². The lowest BCUT2D eigenvalue weighted by molar-refractivity contribution is 1.44. The highest BCUT2D eigenvalue weighted by atomic mass is 28.3. The lowest BCUT2D eigenvalue weighted by Crippen LogP contribution is -2.29. The van der Waals surface area contributed by atoms with Gasteiger partial charge in [0.25, 0.3) is 0 Å². The molecule has 1 aliphatic rings. The van der Waals surface area contributed by atoms with E-state index >= 15 is 0 Å². The van der Waals surface area contributed by atoms with Crippen molar-refractivity contribution in [2.45, 2.75) is 20.8 Å². The van der Waals surface area contributed by atoms with Crippen molar-refractivity contribution >= 4 is 24.8 Å². The number of hydrogen-bond donors (Lipinski definition) is 0. The van der Waals surface area contributed by atoms with E-state index in [1.165, 1.54) is 38.6 Å². The molecule has 0 aromatic heterocycles. The molecule has 3 aromatic rings. The van der Waals surface area contributed by atoms with E-state index in [0.717, 1.165) is 0 Å². The first-order valence-electron chi connectivity index (χ1n) is 9.25. The third-order valence-corrected chi connectivity index (χ3v) is 8.04. The van der Waals surface area contributed by atoms with Crippen LogP contribution in [0, 0.1) is 20.8 Å². The topological polar surface area (TPSA) is 0 Å². The van der Waals surface area contributed by atoms with Crippen LogP contribution in [0.3, 0.4) is 0 Å². The van der Waals surface area contributed by atoms with Crippen molar-refractivity contribution < 1.29 is 0 Å². The average molecular weight is 353 g/mol. The van der Waals surface area contributed by atoms with Gasteiger partial charge in [0, 0.05) is 0 Å². The average Bonchev–Trinajstić information content (AvgIpc) is 3.07. The van der Waals surface area contributed by atoms with Crippen LogP contribution in [0.5, 0.6) is 0 Å². The Morgan fingerprint density at radius 3 is 1.85 bits per heavy atom. The zero-order valence-corrected chi connectivity index (χ0v) is 16.8. The smallest absolute Gasteiger partial charge is 0.0882 e. The molecule has 0 saturated carbocycles. The van der Waals surface area contributed by atoms with Gasteiger partial charge in [0.15, 0.2) is 0 Å². The van der Waals surface area contributed by atoms with Crippen LogP contribution in [0.1, 0.15) is 27.8 Å². The van der Waals surface area contributed by atoms with Crippen LogP contribution < -0.4 is 5.19 Å². The quantitative estimate of drug-likeness (QED) is 0.561. The maximum absolute atomic E-state index is 2.49. The number of rotatable bonds is 3. The largest absolute Gasteiger partial charge is 0.127 e. The van der Waals surface area contributed by atoms with Gasteiger partial charge in [-0.3, -0.25) is 0 Å². The maximum atomic E-state index is 2.49. The molecule has 0 aliphatic carbocycles. The second-order valence-corrected chi connectivity index (χ2v) is 9.90. The van der Waals surface area contributed by atoms with Crippen LogP contribution in [0.4, 0.5) is 0 Å². The standard InChI is InChI=1S/C25H24Si/c1-18-7-4-10-21(15-18)24-13-14-26(23-12-6-9-20(3)17-23)25(24)22-11-5-8-19(2)16-22/h4-17,26H,1-3H3. The van der Waals surface area contributed by atoms with E-state index in [1.807, 2.05) is 0 Å². The summed E-state index contributed by atoms with van der Waals surface area (Å²) < 4.78 is 0. The second-order valence-electron chi connectivity index (χ2n) is 7.32. The Kier molecular flexibility index (Phi) is 4.48. The van der Waals surface area contributed by atoms with Gasteiger partial charge in [-0.25, -0.2) is 0 Å². The highest BCUT2D eigenvalue weighted by molar-refractivity contribution is 6.96. The number of benzene rings is 3. The molecule has 4 rings (SSSR count). The molecule has 0 saturated heterocycles. The summed E-state index contributed by atoms with van der Waals surface area (Å²) in [5.74, 6) is 0. The lowest BCUT2D eigenvalue weighted by Gasteiger charge is -2.17. The van der Waals surface area contributed by atoms with Gasteiger partial charge in [-0.05, 0) is 42.7 Å². The number of allylic oxidation sites excluding steroid dienone is 2. The summed E-state index contributed by atoms with van der Waals surface area (Å²) in [6.45, 7) is 6.54. The fourth-order valence-corrected chi connectivity index (χ4v) is 6.93. The Balaban J connectivity index is 1.92. The zero-order valence-electron chi connectivity index (χ0n) is 15.7. The van der Waals surface area contributed by atoms with Crippen LogP contribution in [-0.4, -0.2) is 8.80 Å². The van der Waals surface area contributed by atoms with Crippen LogP contribution >= 0.6 is 0 Å². The summed E-state index contributed by atoms with van der Waals surface area (Å²) >= 11 is 0. The number of aryl methyl sites for hydroxylation is 3. The van der Waals surface area contributed by atoms with E-state index in [1.54, 1.807) is 5.20 Å². The van der Waals surface area contributed by atoms with Crippen molar-refractivity contribution in [1.82, 2.24) is 0 Å². The molecule has 0 N–H and O–H groups in total. The lowest BCUT2D eigenvalue weighted by atomic mass is 10.0. The zero-order chi connectivity index (χ0) is 18.1. The van der Waals surface area contributed by atoms with Gasteiger partial charge in [0.05, 0.1) is 0 Å². The van der Waals surface area contributed by atoms with Crippen molar-refractivity contribution in [3.8, 4) is 0 Å². The molecule has 0 radical (unpaired) electrons. The van der Waals surface area contributed by atoms with Crippen LogP contribution in [0.25, 0.3) is 10.8 Å². The van der Waals surface area contributed by atoms with Gasteiger partial charge in [-0.1, -0.05) is 106 Å². The van der Waals surface area contributed by atoms with Gasteiger partial charge < -0.3 is 0 Å². The molecular weight excluding hydrogens is 328 g/mol. The molecule has 26 heavy (non-hydrogen) atoms. The van der Waals surface area contributed by atoms with E-state index in [0.29, 0.717) is 0 Å². The van der Waals surface area contributed by atoms with Crippen molar-refractivity contribution in [3.63, 3.8) is 0 Å². The number of hydrogen-bond acceptors (Lipinski definition) is 0. The first-order chi connectivity index (χ1) is 12.6. The molecule has 0 fully saturated rings. The molecule has 3 aromatic carbocycles. The third kappa shape index (κ3) is 3.23. The molecule has 128 valence electrons. The molecule has 0 spiro atoms. The first-order valence-corrected chi connectivity index (χ1v) is 11.1. The first kappa shape index (κ1) is 16.8. The molecule has 1 heterocycles. The minimum Gasteiger partial charge on any atom is -0.0882 e. The second kappa shape index (κ2) is 6.93. The van der Waals surface area contributed by atoms with Crippen molar-refractivity contribution in [2.24, 2.45) is 0 Å². The SMILES string of the molecule is Cc1cccc(C2=C(c3cccc(C)c3)[SiH](c3cccc(C)c3)C=C2)c1. The van der Waals surface area contributed by atoms with Crippen molar-refractivity contribution in [2.75, 3.05) is 0 Å². The fourth-order valence-electron chi connectivity index (χ4n) is 3.90. The molecule has 0 nitrogen and oxygen atoms in total. The summed E-state index contributed by atoms with van der Waals surface area (Å²) in [4.78, 5) is 0. The van der Waals surface area contributed by atoms with Gasteiger partial charge in [-0.15, -0.1) is 0 Å². The van der Waals surface area contributed by atoms with Crippen LogP contribution in [-0.2, 0) is 0 Å². The minimum atomic E-state index is -1.37. The van der Waals surface area contributed by atoms with Crippen LogP contribution in [0.15, 0.2) is 84.6 Å². The normalized spacial score (nSPS) is 16.3. The van der Waals surface area contributed by atoms with Gasteiger partial charge in [0.1, 0.15) is 8.80 Å². The van der Waals surface area contributed by atoms with Crippen molar-refractivity contribution in [1.29, 1.82) is 0 Å².